The van der Waals surface area contributed by atoms with Gasteiger partial charge in [-0.3, -0.25) is 9.36 Å². The first-order valence-electron chi connectivity index (χ1n) is 11.7. The molecule has 0 N–H and O–H groups in total. The Hall–Kier alpha value is -3.10. The number of benzene rings is 2. The smallest absolute Gasteiger partial charge is 0.338 e. The summed E-state index contributed by atoms with van der Waals surface area (Å²) in [5, 5.41) is 1.34. The van der Waals surface area contributed by atoms with Crippen molar-refractivity contribution >= 4 is 58.2 Å². The third-order valence-electron chi connectivity index (χ3n) is 5.89. The summed E-state index contributed by atoms with van der Waals surface area (Å²) in [6.07, 6.45) is 1.31. The average molecular weight is 588 g/mol. The minimum atomic E-state index is -0.727. The Morgan fingerprint density at radius 3 is 2.55 bits per heavy atom. The summed E-state index contributed by atoms with van der Waals surface area (Å²) in [7, 11) is 0. The number of halogens is 3. The molecule has 0 saturated carbocycles. The van der Waals surface area contributed by atoms with Gasteiger partial charge in [0.05, 0.1) is 38.0 Å². The fourth-order valence-corrected chi connectivity index (χ4v) is 5.77. The van der Waals surface area contributed by atoms with Crippen LogP contribution in [0.3, 0.4) is 0 Å². The highest BCUT2D eigenvalue weighted by Crippen LogP contribution is 2.35. The van der Waals surface area contributed by atoms with Gasteiger partial charge in [-0.05, 0) is 62.7 Å². The van der Waals surface area contributed by atoms with Crippen molar-refractivity contribution in [3.05, 3.63) is 112 Å². The summed E-state index contributed by atoms with van der Waals surface area (Å²) in [6, 6.07) is 15.1. The average Bonchev–Trinajstić information content (AvgIpc) is 3.44. The van der Waals surface area contributed by atoms with E-state index >= 15 is 0 Å². The second kappa shape index (κ2) is 10.6. The number of hydrogen-bond acceptors (Lipinski definition) is 6. The minimum Gasteiger partial charge on any atom is -0.459 e. The number of carbonyl (C=O) groups excluding carboxylic acids is 1. The summed E-state index contributed by atoms with van der Waals surface area (Å²) in [4.78, 5) is 32.0. The Labute approximate surface area is 237 Å². The standard InChI is InChI=1S/C28H21Cl3N2O4S/c1-14(2)36-27(35)23-15(3)32-28-33(25(23)16-7-9-17(29)10-8-16)26(34)22(38-28)13-18-11-12-21(37-18)19-5-4-6-20(30)24(19)31/h4-14,25H,1-3H3/b22-13-. The monoisotopic (exact) mass is 586 g/mol. The van der Waals surface area contributed by atoms with Crippen molar-refractivity contribution in [2.75, 3.05) is 0 Å². The summed E-state index contributed by atoms with van der Waals surface area (Å²) in [5.41, 5.74) is 1.83. The third kappa shape index (κ3) is 4.99. The predicted octanol–water partition coefficient (Wildman–Crippen LogP) is 6.41. The zero-order valence-corrected chi connectivity index (χ0v) is 23.6. The lowest BCUT2D eigenvalue weighted by Crippen LogP contribution is -2.40. The molecule has 0 spiro atoms. The van der Waals surface area contributed by atoms with E-state index in [1.807, 2.05) is 0 Å². The molecular formula is C28H21Cl3N2O4S. The van der Waals surface area contributed by atoms with Crippen molar-refractivity contribution in [1.82, 2.24) is 4.57 Å². The number of hydrogen-bond donors (Lipinski definition) is 0. The Kier molecular flexibility index (Phi) is 7.38. The lowest BCUT2D eigenvalue weighted by molar-refractivity contribution is -0.143. The maximum atomic E-state index is 13.7. The van der Waals surface area contributed by atoms with Gasteiger partial charge in [0.25, 0.3) is 5.56 Å². The number of aromatic nitrogens is 1. The van der Waals surface area contributed by atoms with Crippen LogP contribution in [-0.4, -0.2) is 16.6 Å². The van der Waals surface area contributed by atoms with E-state index in [-0.39, 0.29) is 11.7 Å². The lowest BCUT2D eigenvalue weighted by Gasteiger charge is -2.25. The van der Waals surface area contributed by atoms with Gasteiger partial charge in [-0.25, -0.2) is 9.79 Å². The molecule has 194 valence electrons. The third-order valence-corrected chi connectivity index (χ3v) is 7.94. The fraction of sp³-hybridized carbons (Fsp3) is 0.179. The molecule has 38 heavy (non-hydrogen) atoms. The molecule has 1 aliphatic rings. The molecule has 2 aromatic heterocycles. The Morgan fingerprint density at radius 2 is 1.84 bits per heavy atom. The van der Waals surface area contributed by atoms with Crippen LogP contribution in [0, 0.1) is 0 Å². The van der Waals surface area contributed by atoms with Crippen molar-refractivity contribution in [2.24, 2.45) is 4.99 Å². The van der Waals surface area contributed by atoms with Crippen LogP contribution in [0.15, 0.2) is 80.1 Å². The van der Waals surface area contributed by atoms with Gasteiger partial charge in [0.2, 0.25) is 0 Å². The molecule has 0 aliphatic carbocycles. The fourth-order valence-electron chi connectivity index (χ4n) is 4.22. The van der Waals surface area contributed by atoms with Gasteiger partial charge >= 0.3 is 5.97 Å². The van der Waals surface area contributed by atoms with Gasteiger partial charge in [0.15, 0.2) is 4.80 Å². The second-order valence-corrected chi connectivity index (χ2v) is 11.1. The Morgan fingerprint density at radius 1 is 1.11 bits per heavy atom. The molecule has 0 saturated heterocycles. The van der Waals surface area contributed by atoms with Crippen LogP contribution in [0.1, 0.15) is 38.1 Å². The number of carbonyl (C=O) groups is 1. The first-order valence-corrected chi connectivity index (χ1v) is 13.6. The van der Waals surface area contributed by atoms with Crippen LogP contribution in [-0.2, 0) is 9.53 Å². The van der Waals surface area contributed by atoms with E-state index in [1.165, 1.54) is 15.9 Å². The van der Waals surface area contributed by atoms with E-state index in [4.69, 9.17) is 44.0 Å². The summed E-state index contributed by atoms with van der Waals surface area (Å²) in [5.74, 6) is 0.453. The van der Waals surface area contributed by atoms with Crippen LogP contribution >= 0.6 is 46.1 Å². The molecule has 4 aromatic rings. The first kappa shape index (κ1) is 26.5. The number of allylic oxidation sites excluding steroid dienone is 1. The summed E-state index contributed by atoms with van der Waals surface area (Å²) in [6.45, 7) is 5.29. The van der Waals surface area contributed by atoms with Crippen LogP contribution in [0.25, 0.3) is 17.4 Å². The number of ether oxygens (including phenoxy) is 1. The molecule has 10 heteroatoms. The number of fused-ring (bicyclic) bond motifs is 1. The summed E-state index contributed by atoms with van der Waals surface area (Å²) >= 11 is 19.8. The van der Waals surface area contributed by atoms with Crippen LogP contribution < -0.4 is 14.9 Å². The van der Waals surface area contributed by atoms with Crippen molar-refractivity contribution in [2.45, 2.75) is 32.9 Å². The maximum absolute atomic E-state index is 13.7. The van der Waals surface area contributed by atoms with Crippen LogP contribution in [0.5, 0.6) is 0 Å². The highest BCUT2D eigenvalue weighted by molar-refractivity contribution is 7.07. The van der Waals surface area contributed by atoms with E-state index in [1.54, 1.807) is 81.4 Å². The number of esters is 1. The van der Waals surface area contributed by atoms with Crippen molar-refractivity contribution in [3.8, 4) is 11.3 Å². The maximum Gasteiger partial charge on any atom is 0.338 e. The molecule has 1 atom stereocenters. The highest BCUT2D eigenvalue weighted by Gasteiger charge is 2.33. The molecule has 1 unspecified atom stereocenters. The topological polar surface area (TPSA) is 73.8 Å². The molecule has 0 fully saturated rings. The Balaban J connectivity index is 1.64. The number of rotatable bonds is 5. The van der Waals surface area contributed by atoms with E-state index < -0.39 is 12.0 Å². The second-order valence-electron chi connectivity index (χ2n) is 8.89. The quantitative estimate of drug-likeness (QED) is 0.253. The van der Waals surface area contributed by atoms with E-state index in [9.17, 15) is 9.59 Å². The van der Waals surface area contributed by atoms with Gasteiger partial charge in [-0.2, -0.15) is 0 Å². The summed E-state index contributed by atoms with van der Waals surface area (Å²) < 4.78 is 13.4. The van der Waals surface area contributed by atoms with Gasteiger partial charge in [-0.15, -0.1) is 0 Å². The zero-order chi connectivity index (χ0) is 27.1. The molecule has 1 aliphatic heterocycles. The number of furan rings is 1. The van der Waals surface area contributed by atoms with E-state index in [2.05, 4.69) is 4.99 Å². The predicted molar refractivity (Wildman–Crippen MR) is 151 cm³/mol. The SMILES string of the molecule is CC1=C(C(=O)OC(C)C)C(c2ccc(Cl)cc2)n2c(s/c(=C\c3ccc(-c4cccc(Cl)c4Cl)o3)c2=O)=N1. The Bertz CT molecular complexity index is 1760. The number of nitrogens with zero attached hydrogens (tertiary/aromatic N) is 2. The van der Waals surface area contributed by atoms with Crippen LogP contribution in [0.4, 0.5) is 0 Å². The molecular weight excluding hydrogens is 567 g/mol. The molecule has 5 rings (SSSR count). The zero-order valence-electron chi connectivity index (χ0n) is 20.5. The largest absolute Gasteiger partial charge is 0.459 e. The lowest BCUT2D eigenvalue weighted by atomic mass is 9.96. The van der Waals surface area contributed by atoms with E-state index in [0.29, 0.717) is 58.3 Å². The highest BCUT2D eigenvalue weighted by atomic mass is 35.5. The van der Waals surface area contributed by atoms with Gasteiger partial charge < -0.3 is 9.15 Å². The molecule has 3 heterocycles. The normalized spacial score (nSPS) is 15.6. The molecule has 0 bridgehead atoms. The molecule has 6 nitrogen and oxygen atoms in total. The molecule has 0 radical (unpaired) electrons. The van der Waals surface area contributed by atoms with E-state index in [0.717, 1.165) is 0 Å². The van der Waals surface area contributed by atoms with Gasteiger partial charge in [0, 0.05) is 16.7 Å². The van der Waals surface area contributed by atoms with Gasteiger partial charge in [-0.1, -0.05) is 64.3 Å². The van der Waals surface area contributed by atoms with Gasteiger partial charge in [0.1, 0.15) is 11.5 Å². The molecule has 0 amide bonds. The number of thiazole rings is 1. The molecule has 2 aromatic carbocycles. The van der Waals surface area contributed by atoms with Crippen molar-refractivity contribution in [3.63, 3.8) is 0 Å². The first-order chi connectivity index (χ1) is 18.1. The minimum absolute atomic E-state index is 0.302. The van der Waals surface area contributed by atoms with Crippen molar-refractivity contribution in [1.29, 1.82) is 0 Å². The van der Waals surface area contributed by atoms with Crippen LogP contribution in [0.2, 0.25) is 15.1 Å². The van der Waals surface area contributed by atoms with Crippen molar-refractivity contribution < 1.29 is 13.9 Å².